The molecule has 6 heteroatoms. The van der Waals surface area contributed by atoms with E-state index in [1.807, 2.05) is 78.3 Å². The van der Waals surface area contributed by atoms with E-state index in [0.29, 0.717) is 25.5 Å². The normalized spacial score (nSPS) is 12.3. The van der Waals surface area contributed by atoms with Crippen LogP contribution in [0.25, 0.3) is 5.69 Å². The van der Waals surface area contributed by atoms with E-state index in [-0.39, 0.29) is 0 Å². The molecule has 0 aliphatic heterocycles. The van der Waals surface area contributed by atoms with E-state index in [1.165, 1.54) is 5.56 Å². The van der Waals surface area contributed by atoms with Crippen molar-refractivity contribution in [1.82, 2.24) is 14.7 Å². The van der Waals surface area contributed by atoms with Crippen LogP contribution in [0.5, 0.6) is 11.6 Å². The predicted octanol–water partition coefficient (Wildman–Crippen LogP) is 6.43. The molecule has 1 N–H and O–H groups in total. The van der Waals surface area contributed by atoms with Gasteiger partial charge in [-0.2, -0.15) is 5.10 Å². The highest BCUT2D eigenvalue weighted by Gasteiger charge is 2.23. The summed E-state index contributed by atoms with van der Waals surface area (Å²) in [6.07, 6.45) is 4.12. The number of furan rings is 1. The maximum Gasteiger partial charge on any atom is 0.227 e. The summed E-state index contributed by atoms with van der Waals surface area (Å²) in [7, 11) is 0. The molecule has 2 heterocycles. The molecule has 0 saturated heterocycles. The first-order valence-electron chi connectivity index (χ1n) is 12.3. The fourth-order valence-corrected chi connectivity index (χ4v) is 4.15. The number of benzene rings is 2. The van der Waals surface area contributed by atoms with E-state index in [2.05, 4.69) is 18.7 Å². The molecule has 0 saturated carbocycles. The van der Waals surface area contributed by atoms with Gasteiger partial charge in [0.05, 0.1) is 35.9 Å². The number of unbranched alkanes of at least 4 members (excludes halogenated alkanes) is 1. The number of aliphatic hydroxyl groups excluding tert-OH is 1. The Bertz CT molecular complexity index is 1170. The number of para-hydroxylation sites is 1. The molecule has 0 aliphatic carbocycles. The summed E-state index contributed by atoms with van der Waals surface area (Å²) in [5.41, 5.74) is 3.99. The lowest BCUT2D eigenvalue weighted by Crippen LogP contribution is -2.32. The summed E-state index contributed by atoms with van der Waals surface area (Å²) in [6.45, 7) is 7.92. The Morgan fingerprint density at radius 3 is 2.46 bits per heavy atom. The number of hydrogen-bond donors (Lipinski definition) is 1. The molecule has 4 aromatic rings. The number of nitrogens with zero attached hydrogens (tertiary/aromatic N) is 3. The van der Waals surface area contributed by atoms with Crippen molar-refractivity contribution in [3.8, 4) is 17.3 Å². The quantitative estimate of drug-likeness (QED) is 0.257. The average Bonchev–Trinajstić information content (AvgIpc) is 3.48. The Morgan fingerprint density at radius 2 is 1.77 bits per heavy atom. The van der Waals surface area contributed by atoms with Crippen molar-refractivity contribution in [3.05, 3.63) is 95.6 Å². The minimum absolute atomic E-state index is 0.407. The zero-order chi connectivity index (χ0) is 24.6. The van der Waals surface area contributed by atoms with Gasteiger partial charge in [0.15, 0.2) is 0 Å². The third-order valence-electron chi connectivity index (χ3n) is 6.07. The van der Waals surface area contributed by atoms with Gasteiger partial charge in [0.2, 0.25) is 5.88 Å². The highest BCUT2D eigenvalue weighted by atomic mass is 16.5. The van der Waals surface area contributed by atoms with Gasteiger partial charge in [-0.05, 0) is 56.7 Å². The summed E-state index contributed by atoms with van der Waals surface area (Å²) in [5, 5.41) is 15.6. The number of hydrogen-bond acceptors (Lipinski definition) is 5. The maximum absolute atomic E-state index is 10.7. The molecule has 0 amide bonds. The standard InChI is InChI=1S/C29H35N3O3/c1-4-5-12-25(33)19-31(20-27-13-9-18-34-27)21-28-23(3)30-32(24-10-7-6-8-11-24)29(28)35-26-16-14-22(2)15-17-26/h6-11,13-18,25,33H,4-5,12,19-21H2,1-3H3. The van der Waals surface area contributed by atoms with Crippen molar-refractivity contribution in [3.63, 3.8) is 0 Å². The molecule has 0 spiro atoms. The van der Waals surface area contributed by atoms with Crippen LogP contribution in [-0.4, -0.2) is 32.4 Å². The largest absolute Gasteiger partial charge is 0.468 e. The first-order chi connectivity index (χ1) is 17.0. The Balaban J connectivity index is 1.68. The van der Waals surface area contributed by atoms with Gasteiger partial charge in [0.1, 0.15) is 11.5 Å². The maximum atomic E-state index is 10.7. The highest BCUT2D eigenvalue weighted by molar-refractivity contribution is 5.43. The lowest BCUT2D eigenvalue weighted by Gasteiger charge is -2.24. The van der Waals surface area contributed by atoms with Crippen molar-refractivity contribution >= 4 is 0 Å². The summed E-state index contributed by atoms with van der Waals surface area (Å²) in [4.78, 5) is 2.21. The summed E-state index contributed by atoms with van der Waals surface area (Å²) >= 11 is 0. The summed E-state index contributed by atoms with van der Waals surface area (Å²) in [6, 6.07) is 21.9. The van der Waals surface area contributed by atoms with Crippen LogP contribution in [0.4, 0.5) is 0 Å². The number of aliphatic hydroxyl groups is 1. The fourth-order valence-electron chi connectivity index (χ4n) is 4.15. The highest BCUT2D eigenvalue weighted by Crippen LogP contribution is 2.32. The lowest BCUT2D eigenvalue weighted by molar-refractivity contribution is 0.0915. The van der Waals surface area contributed by atoms with Gasteiger partial charge in [-0.15, -0.1) is 0 Å². The van der Waals surface area contributed by atoms with Crippen molar-refractivity contribution in [2.24, 2.45) is 0 Å². The first kappa shape index (κ1) is 24.8. The van der Waals surface area contributed by atoms with Crippen LogP contribution in [0.3, 0.4) is 0 Å². The molecule has 4 rings (SSSR count). The van der Waals surface area contributed by atoms with Gasteiger partial charge < -0.3 is 14.3 Å². The van der Waals surface area contributed by atoms with E-state index in [4.69, 9.17) is 14.3 Å². The summed E-state index contributed by atoms with van der Waals surface area (Å²) < 4.78 is 14.0. The Hall–Kier alpha value is -3.35. The van der Waals surface area contributed by atoms with Crippen LogP contribution in [0.1, 0.15) is 48.8 Å². The molecule has 2 aromatic carbocycles. The van der Waals surface area contributed by atoms with Crippen LogP contribution >= 0.6 is 0 Å². The topological polar surface area (TPSA) is 63.7 Å². The van der Waals surface area contributed by atoms with Crippen LogP contribution < -0.4 is 4.74 Å². The Labute approximate surface area is 207 Å². The SMILES string of the molecule is CCCCC(O)CN(Cc1ccco1)Cc1c(C)nn(-c2ccccc2)c1Oc1ccc(C)cc1. The van der Waals surface area contributed by atoms with Gasteiger partial charge in [-0.3, -0.25) is 4.90 Å². The second-order valence-corrected chi connectivity index (χ2v) is 9.08. The Morgan fingerprint density at radius 1 is 1.00 bits per heavy atom. The monoisotopic (exact) mass is 473 g/mol. The van der Waals surface area contributed by atoms with E-state index >= 15 is 0 Å². The molecule has 2 aromatic heterocycles. The molecular formula is C29H35N3O3. The smallest absolute Gasteiger partial charge is 0.227 e. The summed E-state index contributed by atoms with van der Waals surface area (Å²) in [5.74, 6) is 2.31. The average molecular weight is 474 g/mol. The van der Waals surface area contributed by atoms with Crippen LogP contribution in [0.15, 0.2) is 77.4 Å². The fraction of sp³-hybridized carbons (Fsp3) is 0.345. The second kappa shape index (κ2) is 11.9. The molecule has 0 bridgehead atoms. The molecule has 6 nitrogen and oxygen atoms in total. The molecule has 1 atom stereocenters. The second-order valence-electron chi connectivity index (χ2n) is 9.08. The van der Waals surface area contributed by atoms with Gasteiger partial charge in [0.25, 0.3) is 0 Å². The zero-order valence-electron chi connectivity index (χ0n) is 20.9. The lowest BCUT2D eigenvalue weighted by atomic mass is 10.1. The van der Waals surface area contributed by atoms with Crippen molar-refractivity contribution in [1.29, 1.82) is 0 Å². The van der Waals surface area contributed by atoms with E-state index in [0.717, 1.165) is 47.7 Å². The third kappa shape index (κ3) is 6.62. The molecule has 184 valence electrons. The number of ether oxygens (including phenoxy) is 1. The molecule has 0 radical (unpaired) electrons. The first-order valence-corrected chi connectivity index (χ1v) is 12.3. The molecule has 35 heavy (non-hydrogen) atoms. The van der Waals surface area contributed by atoms with E-state index in [1.54, 1.807) is 6.26 Å². The van der Waals surface area contributed by atoms with Gasteiger partial charge >= 0.3 is 0 Å². The third-order valence-corrected chi connectivity index (χ3v) is 6.07. The van der Waals surface area contributed by atoms with Gasteiger partial charge in [-0.25, -0.2) is 4.68 Å². The van der Waals surface area contributed by atoms with Crippen molar-refractivity contribution < 1.29 is 14.3 Å². The van der Waals surface area contributed by atoms with Crippen molar-refractivity contribution in [2.45, 2.75) is 59.2 Å². The van der Waals surface area contributed by atoms with Crippen molar-refractivity contribution in [2.75, 3.05) is 6.54 Å². The van der Waals surface area contributed by atoms with E-state index < -0.39 is 6.10 Å². The molecule has 1 unspecified atom stereocenters. The van der Waals surface area contributed by atoms with Gasteiger partial charge in [-0.1, -0.05) is 55.7 Å². The number of aryl methyl sites for hydroxylation is 2. The molecule has 0 aliphatic rings. The van der Waals surface area contributed by atoms with Crippen LogP contribution in [0.2, 0.25) is 0 Å². The minimum Gasteiger partial charge on any atom is -0.468 e. The Kier molecular flexibility index (Phi) is 8.40. The molecule has 0 fully saturated rings. The van der Waals surface area contributed by atoms with Crippen LogP contribution in [-0.2, 0) is 13.1 Å². The molecular weight excluding hydrogens is 438 g/mol. The van der Waals surface area contributed by atoms with Gasteiger partial charge in [0, 0.05) is 13.1 Å². The minimum atomic E-state index is -0.407. The zero-order valence-corrected chi connectivity index (χ0v) is 20.9. The van der Waals surface area contributed by atoms with Crippen LogP contribution in [0, 0.1) is 13.8 Å². The number of rotatable bonds is 12. The number of aromatic nitrogens is 2. The predicted molar refractivity (Wildman–Crippen MR) is 138 cm³/mol. The van der Waals surface area contributed by atoms with E-state index in [9.17, 15) is 5.11 Å².